The first-order chi connectivity index (χ1) is 4.87. The van der Waals surface area contributed by atoms with Gasteiger partial charge in [-0.05, 0) is 20.8 Å². The molecule has 0 heterocycles. The zero-order valence-corrected chi connectivity index (χ0v) is 7.13. The van der Waals surface area contributed by atoms with Crippen molar-refractivity contribution in [3.8, 4) is 0 Å². The molecule has 4 nitrogen and oxygen atoms in total. The highest BCUT2D eigenvalue weighted by molar-refractivity contribution is 5.75. The number of rotatable bonds is 2. The zero-order chi connectivity index (χ0) is 9.07. The van der Waals surface area contributed by atoms with Gasteiger partial charge in [0.15, 0.2) is 0 Å². The summed E-state index contributed by atoms with van der Waals surface area (Å²) >= 11 is 0. The quantitative estimate of drug-likeness (QED) is 0.543. The molecule has 1 unspecified atom stereocenters. The van der Waals surface area contributed by atoms with E-state index in [1.807, 2.05) is 0 Å². The van der Waals surface area contributed by atoms with Gasteiger partial charge in [-0.25, -0.2) is 0 Å². The third-order valence-electron chi connectivity index (χ3n) is 0.906. The second-order valence-corrected chi connectivity index (χ2v) is 3.32. The van der Waals surface area contributed by atoms with Crippen LogP contribution in [0.3, 0.4) is 0 Å². The molecule has 0 radical (unpaired) electrons. The van der Waals surface area contributed by atoms with Gasteiger partial charge in [-0.3, -0.25) is 4.79 Å². The summed E-state index contributed by atoms with van der Waals surface area (Å²) in [4.78, 5) is 10.9. The van der Waals surface area contributed by atoms with Crippen LogP contribution < -0.4 is 5.73 Å². The molecule has 1 atom stereocenters. The first-order valence-corrected chi connectivity index (χ1v) is 3.46. The lowest BCUT2D eigenvalue weighted by molar-refractivity contribution is -0.157. The summed E-state index contributed by atoms with van der Waals surface area (Å²) in [5.41, 5.74) is 4.66. The van der Waals surface area contributed by atoms with Gasteiger partial charge in [0, 0.05) is 0 Å². The molecule has 0 aliphatic heterocycles. The summed E-state index contributed by atoms with van der Waals surface area (Å²) in [6, 6.07) is -0.922. The maximum atomic E-state index is 10.9. The van der Waals surface area contributed by atoms with Crippen LogP contribution in [-0.4, -0.2) is 29.3 Å². The second kappa shape index (κ2) is 3.69. The van der Waals surface area contributed by atoms with Crippen molar-refractivity contribution in [1.82, 2.24) is 0 Å². The highest BCUT2D eigenvalue weighted by Gasteiger charge is 2.20. The van der Waals surface area contributed by atoms with Gasteiger partial charge in [-0.2, -0.15) is 0 Å². The van der Waals surface area contributed by atoms with Gasteiger partial charge in [-0.1, -0.05) is 0 Å². The smallest absolute Gasteiger partial charge is 0.325 e. The molecular weight excluding hydrogens is 146 g/mol. The molecule has 0 aromatic carbocycles. The summed E-state index contributed by atoms with van der Waals surface area (Å²) < 4.78 is 4.87. The number of esters is 1. The number of nitrogens with two attached hydrogens (primary N) is 1. The number of ether oxygens (including phenoxy) is 1. The monoisotopic (exact) mass is 161 g/mol. The molecular formula is C7H15NO3. The van der Waals surface area contributed by atoms with Crippen LogP contribution in [0.25, 0.3) is 0 Å². The Balaban J connectivity index is 3.88. The van der Waals surface area contributed by atoms with Crippen LogP contribution >= 0.6 is 0 Å². The normalized spacial score (nSPS) is 14.3. The maximum absolute atomic E-state index is 10.9. The lowest BCUT2D eigenvalue weighted by Gasteiger charge is -2.21. The van der Waals surface area contributed by atoms with E-state index in [1.54, 1.807) is 20.8 Å². The fourth-order valence-corrected chi connectivity index (χ4v) is 0.452. The zero-order valence-electron chi connectivity index (χ0n) is 7.13. The highest BCUT2D eigenvalue weighted by atomic mass is 16.6. The van der Waals surface area contributed by atoms with Crippen LogP contribution in [0, 0.1) is 0 Å². The topological polar surface area (TPSA) is 72.5 Å². The van der Waals surface area contributed by atoms with E-state index in [-0.39, 0.29) is 6.61 Å². The van der Waals surface area contributed by atoms with Crippen LogP contribution in [0.15, 0.2) is 0 Å². The van der Waals surface area contributed by atoms with Crippen molar-refractivity contribution >= 4 is 5.97 Å². The van der Waals surface area contributed by atoms with Gasteiger partial charge in [0.25, 0.3) is 0 Å². The molecule has 0 rings (SSSR count). The predicted molar refractivity (Wildman–Crippen MR) is 40.9 cm³/mol. The molecule has 0 amide bonds. The van der Waals surface area contributed by atoms with E-state index in [0.29, 0.717) is 0 Å². The van der Waals surface area contributed by atoms with E-state index < -0.39 is 17.6 Å². The Kier molecular flexibility index (Phi) is 3.48. The Hall–Kier alpha value is -0.610. The third-order valence-corrected chi connectivity index (χ3v) is 0.906. The van der Waals surface area contributed by atoms with E-state index in [0.717, 1.165) is 0 Å². The molecule has 66 valence electrons. The molecule has 0 aromatic heterocycles. The molecule has 0 aliphatic carbocycles. The van der Waals surface area contributed by atoms with Crippen LogP contribution in [-0.2, 0) is 9.53 Å². The standard InChI is InChI=1S/C7H15NO3/c1-7(2,3)11-6(10)5(8)4-9/h5,9H,4,8H2,1-3H3. The Morgan fingerprint density at radius 3 is 2.36 bits per heavy atom. The molecule has 0 aromatic rings. The second-order valence-electron chi connectivity index (χ2n) is 3.32. The molecule has 0 saturated heterocycles. The van der Waals surface area contributed by atoms with Gasteiger partial charge in [0.2, 0.25) is 0 Å². The summed E-state index contributed by atoms with van der Waals surface area (Å²) in [5, 5.41) is 8.48. The van der Waals surface area contributed by atoms with Crippen molar-refractivity contribution in [2.24, 2.45) is 5.73 Å². The number of carbonyl (C=O) groups excluding carboxylic acids is 1. The predicted octanol–water partition coefficient (Wildman–Crippen LogP) is -0.352. The number of hydrogen-bond acceptors (Lipinski definition) is 4. The molecule has 0 saturated carbocycles. The molecule has 11 heavy (non-hydrogen) atoms. The number of carbonyl (C=O) groups is 1. The first-order valence-electron chi connectivity index (χ1n) is 3.46. The Bertz CT molecular complexity index is 139. The summed E-state index contributed by atoms with van der Waals surface area (Å²) in [6.07, 6.45) is 0. The SMILES string of the molecule is CC(C)(C)OC(=O)C(N)CO. The molecule has 0 spiro atoms. The van der Waals surface area contributed by atoms with Gasteiger partial charge >= 0.3 is 5.97 Å². The maximum Gasteiger partial charge on any atom is 0.325 e. The van der Waals surface area contributed by atoms with Crippen LogP contribution in [0.2, 0.25) is 0 Å². The average Bonchev–Trinajstić information content (AvgIpc) is 1.82. The Morgan fingerprint density at radius 1 is 1.64 bits per heavy atom. The summed E-state index contributed by atoms with van der Waals surface area (Å²) in [5.74, 6) is -0.569. The number of aliphatic hydroxyl groups excluding tert-OH is 1. The van der Waals surface area contributed by atoms with Crippen molar-refractivity contribution in [3.05, 3.63) is 0 Å². The molecule has 4 heteroatoms. The first kappa shape index (κ1) is 10.4. The van der Waals surface area contributed by atoms with Crippen LogP contribution in [0.5, 0.6) is 0 Å². The van der Waals surface area contributed by atoms with Gasteiger partial charge < -0.3 is 15.6 Å². The molecule has 0 bridgehead atoms. The van der Waals surface area contributed by atoms with Crippen molar-refractivity contribution in [2.75, 3.05) is 6.61 Å². The van der Waals surface area contributed by atoms with Crippen molar-refractivity contribution < 1.29 is 14.6 Å². The van der Waals surface area contributed by atoms with Crippen molar-refractivity contribution in [1.29, 1.82) is 0 Å². The van der Waals surface area contributed by atoms with E-state index in [9.17, 15) is 4.79 Å². The Labute approximate surface area is 66.3 Å². The van der Waals surface area contributed by atoms with E-state index in [1.165, 1.54) is 0 Å². The minimum absolute atomic E-state index is 0.380. The molecule has 3 N–H and O–H groups in total. The largest absolute Gasteiger partial charge is 0.459 e. The summed E-state index contributed by atoms with van der Waals surface area (Å²) in [6.45, 7) is 4.86. The molecule has 0 aliphatic rings. The van der Waals surface area contributed by atoms with E-state index in [4.69, 9.17) is 15.6 Å². The van der Waals surface area contributed by atoms with Crippen molar-refractivity contribution in [3.63, 3.8) is 0 Å². The van der Waals surface area contributed by atoms with Gasteiger partial charge in [-0.15, -0.1) is 0 Å². The summed E-state index contributed by atoms with van der Waals surface area (Å²) in [7, 11) is 0. The van der Waals surface area contributed by atoms with Crippen LogP contribution in [0.1, 0.15) is 20.8 Å². The average molecular weight is 161 g/mol. The highest BCUT2D eigenvalue weighted by Crippen LogP contribution is 2.07. The Morgan fingerprint density at radius 2 is 2.09 bits per heavy atom. The minimum Gasteiger partial charge on any atom is -0.459 e. The lowest BCUT2D eigenvalue weighted by Crippen LogP contribution is -2.39. The number of aliphatic hydroxyl groups is 1. The lowest BCUT2D eigenvalue weighted by atomic mass is 10.2. The van der Waals surface area contributed by atoms with Gasteiger partial charge in [0.1, 0.15) is 11.6 Å². The fourth-order valence-electron chi connectivity index (χ4n) is 0.452. The third kappa shape index (κ3) is 4.75. The molecule has 0 fully saturated rings. The minimum atomic E-state index is -0.922. The van der Waals surface area contributed by atoms with Gasteiger partial charge in [0.05, 0.1) is 6.61 Å². The van der Waals surface area contributed by atoms with E-state index >= 15 is 0 Å². The number of hydrogen-bond donors (Lipinski definition) is 2. The van der Waals surface area contributed by atoms with Crippen molar-refractivity contribution in [2.45, 2.75) is 32.4 Å². The van der Waals surface area contributed by atoms with E-state index in [2.05, 4.69) is 0 Å². The van der Waals surface area contributed by atoms with Crippen LogP contribution in [0.4, 0.5) is 0 Å². The fraction of sp³-hybridized carbons (Fsp3) is 0.857.